The topological polar surface area (TPSA) is 115 Å². The van der Waals surface area contributed by atoms with E-state index in [-0.39, 0.29) is 41.2 Å². The van der Waals surface area contributed by atoms with Crippen LogP contribution in [0, 0.1) is 0 Å². The summed E-state index contributed by atoms with van der Waals surface area (Å²) < 4.78 is 9.87. The number of carbonyl (C=O) groups is 3. The number of ether oxygens (including phenoxy) is 2. The Morgan fingerprint density at radius 1 is 0.923 bits per heavy atom. The highest BCUT2D eigenvalue weighted by Crippen LogP contribution is 2.18. The molecule has 8 nitrogen and oxygen atoms in total. The standard InChI is InChI=1S/C18H18N2O6/c1-3-25-17(23)12-7-13(18(24)26-4-2)9-14(8-12)20-16(22)11-5-6-15(21)19-10-11/h5-10H,3-4H2,1-2H3,(H,19,21)(H,20,22). The Morgan fingerprint density at radius 3 is 1.96 bits per heavy atom. The van der Waals surface area contributed by atoms with Crippen molar-refractivity contribution >= 4 is 23.5 Å². The van der Waals surface area contributed by atoms with Gasteiger partial charge in [0, 0.05) is 18.0 Å². The molecule has 136 valence electrons. The fourth-order valence-corrected chi connectivity index (χ4v) is 2.12. The highest BCUT2D eigenvalue weighted by Gasteiger charge is 2.16. The molecular weight excluding hydrogens is 340 g/mol. The van der Waals surface area contributed by atoms with Crippen molar-refractivity contribution in [1.82, 2.24) is 4.98 Å². The van der Waals surface area contributed by atoms with Gasteiger partial charge in [0.1, 0.15) is 0 Å². The summed E-state index contributed by atoms with van der Waals surface area (Å²) in [6, 6.07) is 6.70. The third-order valence-electron chi connectivity index (χ3n) is 3.26. The smallest absolute Gasteiger partial charge is 0.338 e. The molecule has 0 bridgehead atoms. The van der Waals surface area contributed by atoms with Gasteiger partial charge in [0.2, 0.25) is 5.56 Å². The van der Waals surface area contributed by atoms with Crippen molar-refractivity contribution in [1.29, 1.82) is 0 Å². The number of anilines is 1. The second-order valence-electron chi connectivity index (χ2n) is 5.14. The van der Waals surface area contributed by atoms with Gasteiger partial charge in [-0.15, -0.1) is 0 Å². The van der Waals surface area contributed by atoms with Crippen LogP contribution in [0.2, 0.25) is 0 Å². The summed E-state index contributed by atoms with van der Waals surface area (Å²) in [4.78, 5) is 49.7. The zero-order valence-electron chi connectivity index (χ0n) is 14.3. The third kappa shape index (κ3) is 4.79. The predicted molar refractivity (Wildman–Crippen MR) is 93.4 cm³/mol. The maximum Gasteiger partial charge on any atom is 0.338 e. The Labute approximate surface area is 149 Å². The van der Waals surface area contributed by atoms with Gasteiger partial charge >= 0.3 is 11.9 Å². The minimum Gasteiger partial charge on any atom is -0.462 e. The van der Waals surface area contributed by atoms with E-state index in [2.05, 4.69) is 10.3 Å². The Kier molecular flexibility index (Phi) is 6.26. The molecule has 0 atom stereocenters. The second kappa shape index (κ2) is 8.61. The van der Waals surface area contributed by atoms with Gasteiger partial charge in [-0.25, -0.2) is 9.59 Å². The molecule has 0 aliphatic carbocycles. The van der Waals surface area contributed by atoms with Crippen molar-refractivity contribution < 1.29 is 23.9 Å². The average Bonchev–Trinajstić information content (AvgIpc) is 2.62. The zero-order valence-corrected chi connectivity index (χ0v) is 14.3. The molecule has 0 saturated carbocycles. The largest absolute Gasteiger partial charge is 0.462 e. The summed E-state index contributed by atoms with van der Waals surface area (Å²) in [6.45, 7) is 3.65. The first kappa shape index (κ1) is 18.9. The van der Waals surface area contributed by atoms with Gasteiger partial charge in [-0.1, -0.05) is 0 Å². The molecule has 0 spiro atoms. The lowest BCUT2D eigenvalue weighted by atomic mass is 10.1. The number of esters is 2. The van der Waals surface area contributed by atoms with E-state index >= 15 is 0 Å². The number of hydrogen-bond donors (Lipinski definition) is 2. The minimum atomic E-state index is -0.627. The average molecular weight is 358 g/mol. The van der Waals surface area contributed by atoms with Gasteiger partial charge in [-0.2, -0.15) is 0 Å². The molecule has 0 aliphatic heterocycles. The third-order valence-corrected chi connectivity index (χ3v) is 3.26. The maximum atomic E-state index is 12.3. The molecule has 0 radical (unpaired) electrons. The molecule has 8 heteroatoms. The molecule has 1 aromatic heterocycles. The van der Waals surface area contributed by atoms with Crippen LogP contribution in [0.5, 0.6) is 0 Å². The van der Waals surface area contributed by atoms with E-state index in [0.29, 0.717) is 0 Å². The Morgan fingerprint density at radius 2 is 1.50 bits per heavy atom. The maximum absolute atomic E-state index is 12.3. The summed E-state index contributed by atoms with van der Waals surface area (Å²) >= 11 is 0. The van der Waals surface area contributed by atoms with Crippen molar-refractivity contribution in [3.63, 3.8) is 0 Å². The van der Waals surface area contributed by atoms with E-state index in [0.717, 1.165) is 0 Å². The van der Waals surface area contributed by atoms with E-state index in [4.69, 9.17) is 9.47 Å². The molecule has 0 aliphatic rings. The molecule has 2 rings (SSSR count). The van der Waals surface area contributed by atoms with E-state index < -0.39 is 17.8 Å². The Hall–Kier alpha value is -3.42. The van der Waals surface area contributed by atoms with Crippen molar-refractivity contribution in [3.05, 3.63) is 63.6 Å². The number of carbonyl (C=O) groups excluding carboxylic acids is 3. The van der Waals surface area contributed by atoms with E-state index in [1.165, 1.54) is 36.5 Å². The number of rotatable bonds is 6. The number of benzene rings is 1. The molecule has 1 aromatic carbocycles. The van der Waals surface area contributed by atoms with Crippen LogP contribution in [-0.2, 0) is 9.47 Å². The fourth-order valence-electron chi connectivity index (χ4n) is 2.12. The second-order valence-corrected chi connectivity index (χ2v) is 5.14. The number of pyridine rings is 1. The van der Waals surface area contributed by atoms with Crippen LogP contribution in [0.3, 0.4) is 0 Å². The van der Waals surface area contributed by atoms with E-state index in [1.54, 1.807) is 13.8 Å². The lowest BCUT2D eigenvalue weighted by molar-refractivity contribution is 0.0525. The minimum absolute atomic E-state index is 0.106. The molecule has 2 aromatic rings. The van der Waals surface area contributed by atoms with Crippen LogP contribution in [0.25, 0.3) is 0 Å². The normalized spacial score (nSPS) is 10.1. The lowest BCUT2D eigenvalue weighted by Crippen LogP contribution is -2.16. The molecule has 0 saturated heterocycles. The summed E-state index contributed by atoms with van der Waals surface area (Å²) in [5.41, 5.74) is 0.303. The van der Waals surface area contributed by atoms with Crippen molar-refractivity contribution in [2.75, 3.05) is 18.5 Å². The molecular formula is C18H18N2O6. The van der Waals surface area contributed by atoms with Crippen molar-refractivity contribution in [3.8, 4) is 0 Å². The van der Waals surface area contributed by atoms with Gasteiger partial charge in [0.25, 0.3) is 5.91 Å². The van der Waals surface area contributed by atoms with Gasteiger partial charge < -0.3 is 19.8 Å². The van der Waals surface area contributed by atoms with Gasteiger partial charge in [0.05, 0.1) is 29.9 Å². The molecule has 26 heavy (non-hydrogen) atoms. The molecule has 2 N–H and O–H groups in total. The van der Waals surface area contributed by atoms with Gasteiger partial charge in [-0.05, 0) is 38.1 Å². The Bertz CT molecular complexity index is 831. The lowest BCUT2D eigenvalue weighted by Gasteiger charge is -2.10. The van der Waals surface area contributed by atoms with Crippen molar-refractivity contribution in [2.24, 2.45) is 0 Å². The number of aromatic amines is 1. The van der Waals surface area contributed by atoms with Crippen molar-refractivity contribution in [2.45, 2.75) is 13.8 Å². The predicted octanol–water partition coefficient (Wildman–Crippen LogP) is 1.98. The number of H-pyrrole nitrogens is 1. The first-order valence-electron chi connectivity index (χ1n) is 7.94. The molecule has 1 heterocycles. The Balaban J connectivity index is 2.34. The first-order chi connectivity index (χ1) is 12.4. The van der Waals surface area contributed by atoms with Crippen LogP contribution in [0.4, 0.5) is 5.69 Å². The van der Waals surface area contributed by atoms with Crippen LogP contribution in [-0.4, -0.2) is 36.0 Å². The summed E-state index contributed by atoms with van der Waals surface area (Å²) in [7, 11) is 0. The number of amides is 1. The molecule has 0 unspecified atom stereocenters. The van der Waals surface area contributed by atoms with Gasteiger partial charge in [-0.3, -0.25) is 9.59 Å². The van der Waals surface area contributed by atoms with E-state index in [1.807, 2.05) is 0 Å². The van der Waals surface area contributed by atoms with Crippen LogP contribution in [0.15, 0.2) is 41.3 Å². The molecule has 1 amide bonds. The first-order valence-corrected chi connectivity index (χ1v) is 7.94. The fraction of sp³-hybridized carbons (Fsp3) is 0.222. The van der Waals surface area contributed by atoms with Crippen LogP contribution >= 0.6 is 0 Å². The number of aromatic nitrogens is 1. The SMILES string of the molecule is CCOC(=O)c1cc(NC(=O)c2ccc(=O)[nH]c2)cc(C(=O)OCC)c1. The van der Waals surface area contributed by atoms with Crippen LogP contribution < -0.4 is 10.9 Å². The van der Waals surface area contributed by atoms with Crippen LogP contribution in [0.1, 0.15) is 44.9 Å². The number of nitrogens with one attached hydrogen (secondary N) is 2. The highest BCUT2D eigenvalue weighted by molar-refractivity contribution is 6.05. The quantitative estimate of drug-likeness (QED) is 0.763. The highest BCUT2D eigenvalue weighted by atomic mass is 16.5. The number of hydrogen-bond acceptors (Lipinski definition) is 6. The van der Waals surface area contributed by atoms with Gasteiger partial charge in [0.15, 0.2) is 0 Å². The zero-order chi connectivity index (χ0) is 19.1. The van der Waals surface area contributed by atoms with E-state index in [9.17, 15) is 19.2 Å². The summed E-state index contributed by atoms with van der Waals surface area (Å²) in [5.74, 6) is -1.77. The summed E-state index contributed by atoms with van der Waals surface area (Å²) in [6.07, 6.45) is 1.26. The summed E-state index contributed by atoms with van der Waals surface area (Å²) in [5, 5.41) is 2.58. The monoisotopic (exact) mass is 358 g/mol. The molecule has 0 fully saturated rings.